The van der Waals surface area contributed by atoms with Crippen LogP contribution in [0.5, 0.6) is 0 Å². The summed E-state index contributed by atoms with van der Waals surface area (Å²) in [6, 6.07) is 13.9. The second-order valence-electron chi connectivity index (χ2n) is 8.04. The Balaban J connectivity index is 1.44. The fourth-order valence-corrected chi connectivity index (χ4v) is 4.96. The van der Waals surface area contributed by atoms with Gasteiger partial charge in [-0.1, -0.05) is 49.7 Å². The normalized spacial score (nSPS) is 14.7. The lowest BCUT2D eigenvalue weighted by atomic mass is 10.0. The van der Waals surface area contributed by atoms with Gasteiger partial charge in [0.25, 0.3) is 0 Å². The van der Waals surface area contributed by atoms with Crippen LogP contribution in [-0.2, 0) is 37.1 Å². The number of rotatable bonds is 11. The molecule has 3 rings (SSSR count). The molecule has 0 saturated carbocycles. The quantitative estimate of drug-likeness (QED) is 0.367. The summed E-state index contributed by atoms with van der Waals surface area (Å²) in [5.74, 6) is -0.698. The lowest BCUT2D eigenvalue weighted by molar-refractivity contribution is -0.142. The Labute approximate surface area is 195 Å². The standard InChI is InChI=1S/C25H31NO6S/c1-2-3-4-20-5-10-22(11-6-20)24(27)19-32-25(28)14-9-21-7-12-23(13-8-21)33(29,30)26-15-17-31-18-16-26/h5-8,10-13H,2-4,9,14-19H2,1H3. The number of hydrogen-bond acceptors (Lipinski definition) is 6. The molecule has 1 saturated heterocycles. The van der Waals surface area contributed by atoms with Gasteiger partial charge in [0.2, 0.25) is 10.0 Å². The smallest absolute Gasteiger partial charge is 0.306 e. The molecule has 0 aliphatic carbocycles. The Morgan fingerprint density at radius 1 is 0.939 bits per heavy atom. The van der Waals surface area contributed by atoms with E-state index in [1.807, 2.05) is 12.1 Å². The molecule has 1 heterocycles. The number of morpholine rings is 1. The number of esters is 1. The SMILES string of the molecule is CCCCc1ccc(C(=O)COC(=O)CCc2ccc(S(=O)(=O)N3CCOCC3)cc2)cc1. The molecule has 1 aliphatic heterocycles. The maximum atomic E-state index is 12.7. The highest BCUT2D eigenvalue weighted by Gasteiger charge is 2.26. The second-order valence-corrected chi connectivity index (χ2v) is 9.98. The van der Waals surface area contributed by atoms with E-state index in [2.05, 4.69) is 6.92 Å². The molecule has 1 aliphatic rings. The number of nitrogens with zero attached hydrogens (tertiary/aromatic N) is 1. The zero-order valence-electron chi connectivity index (χ0n) is 19.0. The molecule has 8 heteroatoms. The number of carbonyl (C=O) groups is 2. The van der Waals surface area contributed by atoms with E-state index in [-0.39, 0.29) is 23.7 Å². The third-order valence-corrected chi connectivity index (χ3v) is 7.52. The van der Waals surface area contributed by atoms with Crippen molar-refractivity contribution >= 4 is 21.8 Å². The number of unbranched alkanes of at least 4 members (excludes halogenated alkanes) is 1. The Kier molecular flexibility index (Phi) is 9.17. The molecule has 7 nitrogen and oxygen atoms in total. The summed E-state index contributed by atoms with van der Waals surface area (Å²) in [7, 11) is -3.54. The molecular weight excluding hydrogens is 442 g/mol. The number of ether oxygens (including phenoxy) is 2. The van der Waals surface area contributed by atoms with E-state index in [1.165, 1.54) is 9.87 Å². The van der Waals surface area contributed by atoms with Crippen molar-refractivity contribution in [3.63, 3.8) is 0 Å². The van der Waals surface area contributed by atoms with Crippen LogP contribution in [0.4, 0.5) is 0 Å². The largest absolute Gasteiger partial charge is 0.457 e. The van der Waals surface area contributed by atoms with E-state index in [4.69, 9.17) is 9.47 Å². The van der Waals surface area contributed by atoms with Crippen LogP contribution in [0, 0.1) is 0 Å². The summed E-state index contributed by atoms with van der Waals surface area (Å²) in [6.45, 7) is 3.33. The maximum absolute atomic E-state index is 12.7. The van der Waals surface area contributed by atoms with E-state index < -0.39 is 16.0 Å². The number of carbonyl (C=O) groups excluding carboxylic acids is 2. The molecule has 0 amide bonds. The first kappa shape index (κ1) is 25.1. The third kappa shape index (κ3) is 7.22. The van der Waals surface area contributed by atoms with Gasteiger partial charge < -0.3 is 9.47 Å². The highest BCUT2D eigenvalue weighted by atomic mass is 32.2. The predicted molar refractivity (Wildman–Crippen MR) is 125 cm³/mol. The van der Waals surface area contributed by atoms with Gasteiger partial charge in [0, 0.05) is 25.1 Å². The zero-order chi connectivity index (χ0) is 23.7. The average molecular weight is 474 g/mol. The molecule has 0 aromatic heterocycles. The minimum absolute atomic E-state index is 0.110. The van der Waals surface area contributed by atoms with E-state index in [9.17, 15) is 18.0 Å². The van der Waals surface area contributed by atoms with Crippen molar-refractivity contribution in [2.24, 2.45) is 0 Å². The summed E-state index contributed by atoms with van der Waals surface area (Å²) in [4.78, 5) is 24.6. The molecule has 0 bridgehead atoms. The van der Waals surface area contributed by atoms with E-state index in [0.29, 0.717) is 38.3 Å². The van der Waals surface area contributed by atoms with Crippen molar-refractivity contribution in [2.45, 2.75) is 43.9 Å². The molecule has 2 aromatic rings. The van der Waals surface area contributed by atoms with Crippen LogP contribution < -0.4 is 0 Å². The lowest BCUT2D eigenvalue weighted by Gasteiger charge is -2.26. The summed E-state index contributed by atoms with van der Waals surface area (Å²) in [6.07, 6.45) is 3.72. The first-order valence-corrected chi connectivity index (χ1v) is 12.8. The molecular formula is C25H31NO6S. The van der Waals surface area contributed by atoms with Gasteiger partial charge in [-0.15, -0.1) is 0 Å². The number of ketones is 1. The first-order valence-electron chi connectivity index (χ1n) is 11.3. The molecule has 0 unspecified atom stereocenters. The van der Waals surface area contributed by atoms with Crippen molar-refractivity contribution in [2.75, 3.05) is 32.9 Å². The molecule has 0 radical (unpaired) electrons. The van der Waals surface area contributed by atoms with Gasteiger partial charge in [0.1, 0.15) is 0 Å². The van der Waals surface area contributed by atoms with Gasteiger partial charge >= 0.3 is 5.97 Å². The van der Waals surface area contributed by atoms with Gasteiger partial charge in [-0.2, -0.15) is 4.31 Å². The maximum Gasteiger partial charge on any atom is 0.306 e. The Bertz CT molecular complexity index is 1030. The third-order valence-electron chi connectivity index (χ3n) is 5.61. The van der Waals surface area contributed by atoms with Gasteiger partial charge in [0.05, 0.1) is 18.1 Å². The van der Waals surface area contributed by atoms with E-state index >= 15 is 0 Å². The molecule has 178 valence electrons. The van der Waals surface area contributed by atoms with Crippen LogP contribution in [0.15, 0.2) is 53.4 Å². The molecule has 2 aromatic carbocycles. The number of Topliss-reactive ketones (excluding diaryl/α,β-unsaturated/α-hetero) is 1. The Morgan fingerprint density at radius 3 is 2.18 bits per heavy atom. The number of aryl methyl sites for hydroxylation is 2. The molecule has 0 N–H and O–H groups in total. The Morgan fingerprint density at radius 2 is 1.55 bits per heavy atom. The summed E-state index contributed by atoms with van der Waals surface area (Å²) >= 11 is 0. The molecule has 0 spiro atoms. The van der Waals surface area contributed by atoms with Crippen molar-refractivity contribution in [3.05, 3.63) is 65.2 Å². The fraction of sp³-hybridized carbons (Fsp3) is 0.440. The highest BCUT2D eigenvalue weighted by Crippen LogP contribution is 2.18. The zero-order valence-corrected chi connectivity index (χ0v) is 19.8. The van der Waals surface area contributed by atoms with Crippen LogP contribution in [0.2, 0.25) is 0 Å². The van der Waals surface area contributed by atoms with E-state index in [0.717, 1.165) is 24.8 Å². The minimum Gasteiger partial charge on any atom is -0.457 e. The van der Waals surface area contributed by atoms with Crippen LogP contribution in [-0.4, -0.2) is 57.4 Å². The van der Waals surface area contributed by atoms with Crippen LogP contribution in [0.25, 0.3) is 0 Å². The van der Waals surface area contributed by atoms with Crippen molar-refractivity contribution in [1.82, 2.24) is 4.31 Å². The average Bonchev–Trinajstić information content (AvgIpc) is 2.86. The minimum atomic E-state index is -3.54. The van der Waals surface area contributed by atoms with Gasteiger partial charge in [-0.3, -0.25) is 9.59 Å². The molecule has 1 fully saturated rings. The van der Waals surface area contributed by atoms with Crippen molar-refractivity contribution in [3.8, 4) is 0 Å². The van der Waals surface area contributed by atoms with Crippen molar-refractivity contribution < 1.29 is 27.5 Å². The number of hydrogen-bond donors (Lipinski definition) is 0. The van der Waals surface area contributed by atoms with Gasteiger partial charge in [0.15, 0.2) is 12.4 Å². The van der Waals surface area contributed by atoms with Crippen LogP contribution in [0.3, 0.4) is 0 Å². The van der Waals surface area contributed by atoms with E-state index in [1.54, 1.807) is 36.4 Å². The van der Waals surface area contributed by atoms with Crippen LogP contribution in [0.1, 0.15) is 47.7 Å². The van der Waals surface area contributed by atoms with Gasteiger partial charge in [-0.05, 0) is 42.5 Å². The Hall–Kier alpha value is -2.55. The van der Waals surface area contributed by atoms with Crippen molar-refractivity contribution in [1.29, 1.82) is 0 Å². The topological polar surface area (TPSA) is 90.0 Å². The highest BCUT2D eigenvalue weighted by molar-refractivity contribution is 7.89. The fourth-order valence-electron chi connectivity index (χ4n) is 3.55. The van der Waals surface area contributed by atoms with Crippen LogP contribution >= 0.6 is 0 Å². The first-order chi connectivity index (χ1) is 15.9. The summed E-state index contributed by atoms with van der Waals surface area (Å²) in [5.41, 5.74) is 2.54. The molecule has 0 atom stereocenters. The number of benzene rings is 2. The summed E-state index contributed by atoms with van der Waals surface area (Å²) < 4.78 is 37.1. The predicted octanol–water partition coefficient (Wildman–Crippen LogP) is 3.41. The molecule has 33 heavy (non-hydrogen) atoms. The van der Waals surface area contributed by atoms with Gasteiger partial charge in [-0.25, -0.2) is 8.42 Å². The number of sulfonamides is 1. The monoisotopic (exact) mass is 473 g/mol. The lowest BCUT2D eigenvalue weighted by Crippen LogP contribution is -2.40. The summed E-state index contributed by atoms with van der Waals surface area (Å²) in [5, 5.41) is 0. The second kappa shape index (κ2) is 12.1.